The van der Waals surface area contributed by atoms with Crippen LogP contribution in [-0.4, -0.2) is 44.1 Å². The lowest BCUT2D eigenvalue weighted by molar-refractivity contribution is -0.148. The molecular formula is C23H28N2O5. The number of rotatable bonds is 11. The number of benzene rings is 2. The highest BCUT2D eigenvalue weighted by atomic mass is 16.5. The van der Waals surface area contributed by atoms with E-state index in [9.17, 15) is 14.4 Å². The van der Waals surface area contributed by atoms with Crippen molar-refractivity contribution < 1.29 is 23.9 Å². The molecule has 2 N–H and O–H groups in total. The molecule has 2 amide bonds. The normalized spacial score (nSPS) is 10.4. The van der Waals surface area contributed by atoms with Crippen molar-refractivity contribution in [2.75, 3.05) is 26.3 Å². The van der Waals surface area contributed by atoms with Crippen LogP contribution in [0.1, 0.15) is 30.9 Å². The van der Waals surface area contributed by atoms with Gasteiger partial charge >= 0.3 is 5.97 Å². The summed E-state index contributed by atoms with van der Waals surface area (Å²) in [6.45, 7) is 3.80. The summed E-state index contributed by atoms with van der Waals surface area (Å²) in [4.78, 5) is 35.1. The third-order valence-electron chi connectivity index (χ3n) is 4.29. The van der Waals surface area contributed by atoms with Gasteiger partial charge in [0.15, 0.2) is 13.2 Å². The Morgan fingerprint density at radius 3 is 2.20 bits per heavy atom. The predicted octanol–water partition coefficient (Wildman–Crippen LogP) is 2.21. The maximum atomic E-state index is 11.8. The zero-order valence-corrected chi connectivity index (χ0v) is 17.4. The Kier molecular flexibility index (Phi) is 9.37. The lowest BCUT2D eigenvalue weighted by atomic mass is 10.0. The van der Waals surface area contributed by atoms with E-state index < -0.39 is 11.9 Å². The number of ether oxygens (including phenoxy) is 2. The van der Waals surface area contributed by atoms with Gasteiger partial charge in [0.25, 0.3) is 11.8 Å². The largest absolute Gasteiger partial charge is 0.484 e. The van der Waals surface area contributed by atoms with E-state index in [4.69, 9.17) is 9.47 Å². The number of esters is 1. The molecule has 0 aliphatic carbocycles. The standard InChI is InChI=1S/C23H28N2O5/c1-17(2)19-10-8-18(9-11-19)12-13-24-21(26)16-30-23(28)14-25-22(27)15-29-20-6-4-3-5-7-20/h3-11,17H,12-16H2,1-2H3,(H,24,26)(H,25,27). The lowest BCUT2D eigenvalue weighted by Crippen LogP contribution is -2.36. The number of carbonyl (C=O) groups is 3. The van der Waals surface area contributed by atoms with Crippen LogP contribution in [0.2, 0.25) is 0 Å². The number of amides is 2. The van der Waals surface area contributed by atoms with Crippen molar-refractivity contribution >= 4 is 17.8 Å². The fraction of sp³-hybridized carbons (Fsp3) is 0.348. The first-order chi connectivity index (χ1) is 14.4. The van der Waals surface area contributed by atoms with Crippen LogP contribution in [0.15, 0.2) is 54.6 Å². The highest BCUT2D eigenvalue weighted by molar-refractivity contribution is 5.84. The van der Waals surface area contributed by atoms with Crippen LogP contribution >= 0.6 is 0 Å². The van der Waals surface area contributed by atoms with E-state index in [1.807, 2.05) is 18.2 Å². The Morgan fingerprint density at radius 2 is 1.53 bits per heavy atom. The van der Waals surface area contributed by atoms with E-state index in [0.717, 1.165) is 5.56 Å². The highest BCUT2D eigenvalue weighted by Gasteiger charge is 2.10. The number of nitrogens with one attached hydrogen (secondary N) is 2. The van der Waals surface area contributed by atoms with Gasteiger partial charge in [0.2, 0.25) is 0 Å². The van der Waals surface area contributed by atoms with Crippen LogP contribution in [0.5, 0.6) is 5.75 Å². The second kappa shape index (κ2) is 12.3. The second-order valence-electron chi connectivity index (χ2n) is 7.04. The first kappa shape index (κ1) is 22.9. The number of carbonyl (C=O) groups excluding carboxylic acids is 3. The first-order valence-electron chi connectivity index (χ1n) is 9.89. The summed E-state index contributed by atoms with van der Waals surface area (Å²) in [7, 11) is 0. The minimum absolute atomic E-state index is 0.212. The van der Waals surface area contributed by atoms with Crippen LogP contribution in [0, 0.1) is 0 Å². The fourth-order valence-corrected chi connectivity index (χ4v) is 2.55. The quantitative estimate of drug-likeness (QED) is 0.552. The summed E-state index contributed by atoms with van der Waals surface area (Å²) in [5, 5.41) is 5.09. The molecule has 7 nitrogen and oxygen atoms in total. The molecule has 0 radical (unpaired) electrons. The maximum absolute atomic E-state index is 11.8. The molecule has 2 aromatic carbocycles. The van der Waals surface area contributed by atoms with Gasteiger partial charge in [0.05, 0.1) is 0 Å². The molecule has 0 fully saturated rings. The Hall–Kier alpha value is -3.35. The predicted molar refractivity (Wildman–Crippen MR) is 113 cm³/mol. The van der Waals surface area contributed by atoms with Crippen molar-refractivity contribution in [2.24, 2.45) is 0 Å². The average Bonchev–Trinajstić information content (AvgIpc) is 2.76. The van der Waals surface area contributed by atoms with Gasteiger partial charge < -0.3 is 20.1 Å². The Morgan fingerprint density at radius 1 is 0.867 bits per heavy atom. The first-order valence-corrected chi connectivity index (χ1v) is 9.89. The van der Waals surface area contributed by atoms with Crippen molar-refractivity contribution in [3.8, 4) is 5.75 Å². The van der Waals surface area contributed by atoms with Crippen LogP contribution in [0.4, 0.5) is 0 Å². The minimum atomic E-state index is -0.692. The molecule has 0 heterocycles. The van der Waals surface area contributed by atoms with E-state index >= 15 is 0 Å². The SMILES string of the molecule is CC(C)c1ccc(CCNC(=O)COC(=O)CNC(=O)COc2ccccc2)cc1. The lowest BCUT2D eigenvalue weighted by Gasteiger charge is -2.09. The van der Waals surface area contributed by atoms with Gasteiger partial charge in [0, 0.05) is 6.54 Å². The Bertz CT molecular complexity index is 819. The molecule has 0 saturated carbocycles. The molecule has 0 bridgehead atoms. The highest BCUT2D eigenvalue weighted by Crippen LogP contribution is 2.14. The molecule has 7 heteroatoms. The smallest absolute Gasteiger partial charge is 0.325 e. The summed E-state index contributed by atoms with van der Waals surface area (Å²) in [5.74, 6) is -0.496. The molecule has 0 unspecified atom stereocenters. The number of hydrogen-bond donors (Lipinski definition) is 2. The van der Waals surface area contributed by atoms with E-state index in [1.54, 1.807) is 24.3 Å². The molecule has 0 spiro atoms. The molecular weight excluding hydrogens is 384 g/mol. The van der Waals surface area contributed by atoms with Gasteiger partial charge in [-0.1, -0.05) is 56.3 Å². The van der Waals surface area contributed by atoms with E-state index in [0.29, 0.717) is 24.6 Å². The average molecular weight is 412 g/mol. The van der Waals surface area contributed by atoms with Gasteiger partial charge in [-0.2, -0.15) is 0 Å². The van der Waals surface area contributed by atoms with Gasteiger partial charge in [-0.05, 0) is 35.6 Å². The molecule has 2 aromatic rings. The van der Waals surface area contributed by atoms with Crippen molar-refractivity contribution in [2.45, 2.75) is 26.2 Å². The van der Waals surface area contributed by atoms with Crippen molar-refractivity contribution in [1.29, 1.82) is 0 Å². The molecule has 30 heavy (non-hydrogen) atoms. The third kappa shape index (κ3) is 8.77. The molecule has 0 atom stereocenters. The molecule has 160 valence electrons. The topological polar surface area (TPSA) is 93.7 Å². The molecule has 2 rings (SSSR count). The van der Waals surface area contributed by atoms with Crippen molar-refractivity contribution in [1.82, 2.24) is 10.6 Å². The number of para-hydroxylation sites is 1. The van der Waals surface area contributed by atoms with E-state index in [-0.39, 0.29) is 25.7 Å². The Labute approximate surface area is 176 Å². The van der Waals surface area contributed by atoms with Crippen molar-refractivity contribution in [3.05, 3.63) is 65.7 Å². The summed E-state index contributed by atoms with van der Waals surface area (Å²) < 4.78 is 10.1. The summed E-state index contributed by atoms with van der Waals surface area (Å²) in [5.41, 5.74) is 2.39. The van der Waals surface area contributed by atoms with Gasteiger partial charge in [-0.25, -0.2) is 0 Å². The maximum Gasteiger partial charge on any atom is 0.325 e. The van der Waals surface area contributed by atoms with Crippen LogP contribution in [0.25, 0.3) is 0 Å². The second-order valence-corrected chi connectivity index (χ2v) is 7.04. The zero-order chi connectivity index (χ0) is 21.8. The van der Waals surface area contributed by atoms with Gasteiger partial charge in [-0.15, -0.1) is 0 Å². The summed E-state index contributed by atoms with van der Waals surface area (Å²) >= 11 is 0. The van der Waals surface area contributed by atoms with E-state index in [2.05, 4.69) is 36.6 Å². The van der Waals surface area contributed by atoms with Crippen LogP contribution in [-0.2, 0) is 25.5 Å². The van der Waals surface area contributed by atoms with Crippen molar-refractivity contribution in [3.63, 3.8) is 0 Å². The summed E-state index contributed by atoms with van der Waals surface area (Å²) in [6.07, 6.45) is 0.690. The Balaban J connectivity index is 1.55. The summed E-state index contributed by atoms with van der Waals surface area (Å²) in [6, 6.07) is 17.1. The molecule has 0 aliphatic heterocycles. The number of hydrogen-bond acceptors (Lipinski definition) is 5. The molecule has 0 aromatic heterocycles. The van der Waals surface area contributed by atoms with Crippen LogP contribution in [0.3, 0.4) is 0 Å². The molecule has 0 saturated heterocycles. The van der Waals surface area contributed by atoms with Crippen LogP contribution < -0.4 is 15.4 Å². The molecule has 0 aliphatic rings. The fourth-order valence-electron chi connectivity index (χ4n) is 2.55. The minimum Gasteiger partial charge on any atom is -0.484 e. The van der Waals surface area contributed by atoms with Gasteiger partial charge in [-0.3, -0.25) is 14.4 Å². The van der Waals surface area contributed by atoms with Gasteiger partial charge in [0.1, 0.15) is 12.3 Å². The monoisotopic (exact) mass is 412 g/mol. The van der Waals surface area contributed by atoms with E-state index in [1.165, 1.54) is 5.56 Å². The third-order valence-corrected chi connectivity index (χ3v) is 4.29. The zero-order valence-electron chi connectivity index (χ0n) is 17.4.